The Hall–Kier alpha value is -3.30. The van der Waals surface area contributed by atoms with Gasteiger partial charge in [0.1, 0.15) is 0 Å². The first kappa shape index (κ1) is 23.8. The number of benzene rings is 3. The monoisotopic (exact) mass is 477 g/mol. The van der Waals surface area contributed by atoms with Crippen molar-refractivity contribution in [2.24, 2.45) is 0 Å². The van der Waals surface area contributed by atoms with Gasteiger partial charge in [-0.2, -0.15) is 4.31 Å². The van der Waals surface area contributed by atoms with E-state index >= 15 is 0 Å². The van der Waals surface area contributed by atoms with Crippen molar-refractivity contribution in [3.63, 3.8) is 0 Å². The second kappa shape index (κ2) is 10.3. The van der Waals surface area contributed by atoms with Gasteiger partial charge >= 0.3 is 0 Å². The Kier molecular flexibility index (Phi) is 7.23. The molecule has 7 nitrogen and oxygen atoms in total. The van der Waals surface area contributed by atoms with Crippen LogP contribution in [0.5, 0.6) is 0 Å². The van der Waals surface area contributed by atoms with E-state index in [4.69, 9.17) is 5.21 Å². The zero-order valence-electron chi connectivity index (χ0n) is 18.7. The fourth-order valence-electron chi connectivity index (χ4n) is 4.26. The van der Waals surface area contributed by atoms with Gasteiger partial charge in [0.2, 0.25) is 10.0 Å². The van der Waals surface area contributed by atoms with Gasteiger partial charge in [-0.15, -0.1) is 0 Å². The number of carbonyl (C=O) groups excluding carboxylic acids is 1. The molecular formula is C26H27N3O4S. The number of hydrogen-bond donors (Lipinski definition) is 2. The summed E-state index contributed by atoms with van der Waals surface area (Å²) >= 11 is 0. The minimum Gasteiger partial charge on any atom is -0.290 e. The van der Waals surface area contributed by atoms with Crippen LogP contribution in [0.4, 0.5) is 0 Å². The third kappa shape index (κ3) is 4.95. The molecule has 1 heterocycles. The van der Waals surface area contributed by atoms with Crippen molar-refractivity contribution >= 4 is 21.5 Å². The molecular weight excluding hydrogens is 450 g/mol. The molecule has 0 aliphatic carbocycles. The molecule has 4 rings (SSSR count). The van der Waals surface area contributed by atoms with Crippen LogP contribution in [-0.4, -0.2) is 54.9 Å². The Morgan fingerprint density at radius 3 is 1.79 bits per heavy atom. The molecule has 0 bridgehead atoms. The Labute approximate surface area is 200 Å². The molecule has 0 spiro atoms. The Morgan fingerprint density at radius 1 is 0.824 bits per heavy atom. The zero-order chi connectivity index (χ0) is 24.1. The van der Waals surface area contributed by atoms with Gasteiger partial charge in [0, 0.05) is 31.8 Å². The number of sulfonamides is 1. The van der Waals surface area contributed by atoms with Gasteiger partial charge in [0.05, 0.1) is 10.9 Å². The first-order valence-corrected chi connectivity index (χ1v) is 12.4. The predicted octanol–water partition coefficient (Wildman–Crippen LogP) is 3.30. The molecule has 0 radical (unpaired) electrons. The molecule has 1 amide bonds. The molecule has 0 unspecified atom stereocenters. The molecule has 2 N–H and O–H groups in total. The van der Waals surface area contributed by atoms with Crippen LogP contribution in [0.2, 0.25) is 0 Å². The van der Waals surface area contributed by atoms with Gasteiger partial charge in [-0.3, -0.25) is 14.9 Å². The number of carbonyl (C=O) groups is 1. The summed E-state index contributed by atoms with van der Waals surface area (Å²) < 4.78 is 28.0. The van der Waals surface area contributed by atoms with E-state index in [9.17, 15) is 13.2 Å². The number of piperazine rings is 1. The maximum absolute atomic E-state index is 13.2. The van der Waals surface area contributed by atoms with Crippen LogP contribution in [0, 0.1) is 0 Å². The van der Waals surface area contributed by atoms with Crippen molar-refractivity contribution in [3.8, 4) is 0 Å². The molecule has 1 saturated heterocycles. The molecule has 3 aromatic rings. The van der Waals surface area contributed by atoms with Crippen molar-refractivity contribution in [2.45, 2.75) is 10.9 Å². The summed E-state index contributed by atoms with van der Waals surface area (Å²) in [5.74, 6) is -0.738. The van der Waals surface area contributed by atoms with Crippen LogP contribution in [0.1, 0.15) is 22.7 Å². The quantitative estimate of drug-likeness (QED) is 0.310. The number of rotatable bonds is 7. The van der Waals surface area contributed by atoms with Crippen molar-refractivity contribution < 1.29 is 18.4 Å². The summed E-state index contributed by atoms with van der Waals surface area (Å²) in [4.78, 5) is 14.0. The summed E-state index contributed by atoms with van der Waals surface area (Å²) in [6.45, 7) is 5.56. The van der Waals surface area contributed by atoms with Crippen molar-refractivity contribution in [1.29, 1.82) is 0 Å². The summed E-state index contributed by atoms with van der Waals surface area (Å²) in [6.07, 6.45) is 0. The van der Waals surface area contributed by atoms with Crippen LogP contribution in [0.25, 0.3) is 5.57 Å². The fourth-order valence-corrected chi connectivity index (χ4v) is 5.68. The summed E-state index contributed by atoms with van der Waals surface area (Å²) in [5.41, 5.74) is 4.36. The van der Waals surface area contributed by atoms with Crippen molar-refractivity contribution in [2.75, 3.05) is 26.2 Å². The molecule has 1 aliphatic rings. The largest absolute Gasteiger partial charge is 0.290 e. The molecule has 176 valence electrons. The van der Waals surface area contributed by atoms with Crippen molar-refractivity contribution in [3.05, 3.63) is 108 Å². The molecule has 8 heteroatoms. The van der Waals surface area contributed by atoms with E-state index in [1.165, 1.54) is 45.2 Å². The third-order valence-electron chi connectivity index (χ3n) is 6.09. The van der Waals surface area contributed by atoms with E-state index in [1.54, 1.807) is 0 Å². The molecule has 34 heavy (non-hydrogen) atoms. The van der Waals surface area contributed by atoms with E-state index in [0.717, 1.165) is 0 Å². The lowest BCUT2D eigenvalue weighted by atomic mass is 9.96. The Bertz CT molecular complexity index is 1200. The van der Waals surface area contributed by atoms with Crippen LogP contribution in [0.3, 0.4) is 0 Å². The predicted molar refractivity (Wildman–Crippen MR) is 130 cm³/mol. The molecule has 1 aliphatic heterocycles. The summed E-state index contributed by atoms with van der Waals surface area (Å²) in [6, 6.07) is 26.5. The number of amides is 1. The highest BCUT2D eigenvalue weighted by Crippen LogP contribution is 2.30. The number of nitrogens with one attached hydrogen (secondary N) is 1. The fraction of sp³-hybridized carbons (Fsp3) is 0.192. The Morgan fingerprint density at radius 2 is 1.32 bits per heavy atom. The lowest BCUT2D eigenvalue weighted by Gasteiger charge is -2.39. The molecule has 3 aromatic carbocycles. The summed E-state index contributed by atoms with van der Waals surface area (Å²) in [5, 5.41) is 8.76. The number of nitrogens with zero attached hydrogens (tertiary/aromatic N) is 2. The Balaban J connectivity index is 1.50. The van der Waals surface area contributed by atoms with E-state index < -0.39 is 15.9 Å². The van der Waals surface area contributed by atoms with E-state index in [1.807, 2.05) is 36.4 Å². The van der Waals surface area contributed by atoms with Gasteiger partial charge in [-0.25, -0.2) is 13.9 Å². The highest BCUT2D eigenvalue weighted by Gasteiger charge is 2.32. The summed E-state index contributed by atoms with van der Waals surface area (Å²) in [7, 11) is -3.68. The lowest BCUT2D eigenvalue weighted by Crippen LogP contribution is -2.49. The van der Waals surface area contributed by atoms with Gasteiger partial charge in [0.15, 0.2) is 0 Å². The molecule has 0 aromatic heterocycles. The first-order chi connectivity index (χ1) is 16.4. The number of hydrogen-bond acceptors (Lipinski definition) is 5. The molecule has 0 saturated carbocycles. The van der Waals surface area contributed by atoms with Crippen molar-refractivity contribution in [1.82, 2.24) is 14.7 Å². The van der Waals surface area contributed by atoms with Gasteiger partial charge in [-0.05, 0) is 28.8 Å². The van der Waals surface area contributed by atoms with Gasteiger partial charge in [0.25, 0.3) is 5.91 Å². The normalized spacial score (nSPS) is 15.2. The van der Waals surface area contributed by atoms with Crippen LogP contribution >= 0.6 is 0 Å². The molecule has 0 atom stereocenters. The SMILES string of the molecule is C=C(C(=O)NO)c1ccc(S(=O)(=O)N2CCN(C(c3ccccc3)c3ccccc3)CC2)cc1. The van der Waals surface area contributed by atoms with E-state index in [0.29, 0.717) is 31.7 Å². The minimum atomic E-state index is -3.68. The maximum Gasteiger partial charge on any atom is 0.274 e. The second-order valence-corrected chi connectivity index (χ2v) is 10.0. The zero-order valence-corrected chi connectivity index (χ0v) is 19.5. The van der Waals surface area contributed by atoms with Crippen LogP contribution < -0.4 is 5.48 Å². The van der Waals surface area contributed by atoms with Gasteiger partial charge < -0.3 is 0 Å². The number of hydroxylamine groups is 1. The van der Waals surface area contributed by atoms with Crippen LogP contribution in [-0.2, 0) is 14.8 Å². The van der Waals surface area contributed by atoms with E-state index in [-0.39, 0.29) is 16.5 Å². The lowest BCUT2D eigenvalue weighted by molar-refractivity contribution is -0.123. The highest BCUT2D eigenvalue weighted by molar-refractivity contribution is 7.89. The average Bonchev–Trinajstić information content (AvgIpc) is 2.89. The smallest absolute Gasteiger partial charge is 0.274 e. The minimum absolute atomic E-state index is 0.0490. The first-order valence-electron chi connectivity index (χ1n) is 11.0. The third-order valence-corrected chi connectivity index (χ3v) is 8.00. The average molecular weight is 478 g/mol. The standard InChI is InChI=1S/C26H27N3O4S/c1-20(26(30)27-31)21-12-14-24(15-13-21)34(32,33)29-18-16-28(17-19-29)25(22-8-4-2-5-9-22)23-10-6-3-7-11-23/h2-15,25,31H,1,16-19H2,(H,27,30). The highest BCUT2D eigenvalue weighted by atomic mass is 32.2. The topological polar surface area (TPSA) is 89.9 Å². The van der Waals surface area contributed by atoms with Gasteiger partial charge in [-0.1, -0.05) is 79.4 Å². The second-order valence-electron chi connectivity index (χ2n) is 8.11. The molecule has 1 fully saturated rings. The van der Waals surface area contributed by atoms with E-state index in [2.05, 4.69) is 35.7 Å². The van der Waals surface area contributed by atoms with Crippen LogP contribution in [0.15, 0.2) is 96.4 Å². The maximum atomic E-state index is 13.2.